The maximum atomic E-state index is 12.6. The molecule has 1 saturated heterocycles. The molecule has 1 amide bonds. The highest BCUT2D eigenvalue weighted by molar-refractivity contribution is 5.95. The SMILES string of the molecule is Cc1cc(C(=O)N(CCC(=O)O)CC2CCCO2)c(C)o1. The minimum Gasteiger partial charge on any atom is -0.481 e. The van der Waals surface area contributed by atoms with E-state index in [0.717, 1.165) is 12.8 Å². The molecule has 1 atom stereocenters. The van der Waals surface area contributed by atoms with Crippen molar-refractivity contribution in [3.8, 4) is 0 Å². The minimum absolute atomic E-state index is 0.00366. The standard InChI is InChI=1S/C15H21NO5/c1-10-8-13(11(2)21-10)15(19)16(6-5-14(17)18)9-12-4-3-7-20-12/h8,12H,3-7,9H2,1-2H3,(H,17,18). The van der Waals surface area contributed by atoms with E-state index in [1.807, 2.05) is 0 Å². The Morgan fingerprint density at radius 2 is 2.19 bits per heavy atom. The summed E-state index contributed by atoms with van der Waals surface area (Å²) in [6, 6.07) is 1.70. The molecule has 2 rings (SSSR count). The van der Waals surface area contributed by atoms with Gasteiger partial charge in [-0.05, 0) is 32.8 Å². The first kappa shape index (κ1) is 15.6. The first-order valence-electron chi connectivity index (χ1n) is 7.17. The van der Waals surface area contributed by atoms with Crippen LogP contribution >= 0.6 is 0 Å². The smallest absolute Gasteiger partial charge is 0.305 e. The van der Waals surface area contributed by atoms with Gasteiger partial charge in [0.05, 0.1) is 18.1 Å². The second-order valence-corrected chi connectivity index (χ2v) is 5.36. The Hall–Kier alpha value is -1.82. The quantitative estimate of drug-likeness (QED) is 0.868. The molecular weight excluding hydrogens is 274 g/mol. The van der Waals surface area contributed by atoms with Crippen molar-refractivity contribution in [1.82, 2.24) is 4.90 Å². The lowest BCUT2D eigenvalue weighted by molar-refractivity contribution is -0.137. The van der Waals surface area contributed by atoms with E-state index in [-0.39, 0.29) is 25.0 Å². The molecule has 6 nitrogen and oxygen atoms in total. The van der Waals surface area contributed by atoms with Crippen LogP contribution in [0.2, 0.25) is 0 Å². The molecule has 0 spiro atoms. The average molecular weight is 295 g/mol. The van der Waals surface area contributed by atoms with Crippen molar-refractivity contribution in [1.29, 1.82) is 0 Å². The van der Waals surface area contributed by atoms with Crippen LogP contribution in [0, 0.1) is 13.8 Å². The Kier molecular flexibility index (Phi) is 5.01. The van der Waals surface area contributed by atoms with Gasteiger partial charge in [0.1, 0.15) is 11.5 Å². The lowest BCUT2D eigenvalue weighted by Gasteiger charge is -2.24. The summed E-state index contributed by atoms with van der Waals surface area (Å²) in [5.74, 6) is 0.123. The normalized spacial score (nSPS) is 17.9. The molecular formula is C15H21NO5. The third kappa shape index (κ3) is 4.07. The van der Waals surface area contributed by atoms with Crippen LogP contribution in [0.1, 0.15) is 41.1 Å². The number of nitrogens with zero attached hydrogens (tertiary/aromatic N) is 1. The molecule has 1 N–H and O–H groups in total. The first-order chi connectivity index (χ1) is 9.97. The van der Waals surface area contributed by atoms with Gasteiger partial charge in [0.15, 0.2) is 0 Å². The molecule has 1 aliphatic heterocycles. The molecule has 0 aromatic carbocycles. The fourth-order valence-electron chi connectivity index (χ4n) is 2.55. The van der Waals surface area contributed by atoms with E-state index >= 15 is 0 Å². The van der Waals surface area contributed by atoms with Gasteiger partial charge in [-0.2, -0.15) is 0 Å². The number of carboxylic acid groups (broad SMARTS) is 1. The van der Waals surface area contributed by atoms with Crippen LogP contribution in [0.15, 0.2) is 10.5 Å². The number of hydrogen-bond donors (Lipinski definition) is 1. The van der Waals surface area contributed by atoms with Crippen LogP contribution in [0.25, 0.3) is 0 Å². The second-order valence-electron chi connectivity index (χ2n) is 5.36. The van der Waals surface area contributed by atoms with Crippen LogP contribution in [-0.2, 0) is 9.53 Å². The van der Waals surface area contributed by atoms with Crippen molar-refractivity contribution >= 4 is 11.9 Å². The molecule has 6 heteroatoms. The number of carbonyl (C=O) groups is 2. The van der Waals surface area contributed by atoms with Gasteiger partial charge in [0.25, 0.3) is 5.91 Å². The van der Waals surface area contributed by atoms with Crippen LogP contribution in [-0.4, -0.2) is 47.7 Å². The van der Waals surface area contributed by atoms with Crippen molar-refractivity contribution in [3.05, 3.63) is 23.2 Å². The molecule has 0 bridgehead atoms. The maximum absolute atomic E-state index is 12.6. The third-order valence-corrected chi connectivity index (χ3v) is 3.60. The zero-order valence-electron chi connectivity index (χ0n) is 12.4. The van der Waals surface area contributed by atoms with Crippen molar-refractivity contribution in [2.24, 2.45) is 0 Å². The molecule has 21 heavy (non-hydrogen) atoms. The monoisotopic (exact) mass is 295 g/mol. The Bertz CT molecular complexity index is 516. The molecule has 116 valence electrons. The molecule has 0 aliphatic carbocycles. The highest BCUT2D eigenvalue weighted by Crippen LogP contribution is 2.19. The molecule has 1 aromatic heterocycles. The highest BCUT2D eigenvalue weighted by Gasteiger charge is 2.26. The van der Waals surface area contributed by atoms with Crippen molar-refractivity contribution < 1.29 is 23.8 Å². The number of amides is 1. The molecule has 1 unspecified atom stereocenters. The van der Waals surface area contributed by atoms with Crippen LogP contribution in [0.5, 0.6) is 0 Å². The molecule has 2 heterocycles. The Balaban J connectivity index is 2.10. The van der Waals surface area contributed by atoms with Crippen molar-refractivity contribution in [2.75, 3.05) is 19.7 Å². The number of carbonyl (C=O) groups excluding carboxylic acids is 1. The van der Waals surface area contributed by atoms with Gasteiger partial charge in [-0.1, -0.05) is 0 Å². The fraction of sp³-hybridized carbons (Fsp3) is 0.600. The van der Waals surface area contributed by atoms with Gasteiger partial charge in [-0.3, -0.25) is 9.59 Å². The predicted octanol–water partition coefficient (Wildman–Crippen LogP) is 1.99. The number of carboxylic acids is 1. The lowest BCUT2D eigenvalue weighted by atomic mass is 10.1. The summed E-state index contributed by atoms with van der Waals surface area (Å²) in [5.41, 5.74) is 0.496. The van der Waals surface area contributed by atoms with E-state index in [1.165, 1.54) is 0 Å². The van der Waals surface area contributed by atoms with E-state index in [9.17, 15) is 9.59 Å². The Morgan fingerprint density at radius 1 is 1.43 bits per heavy atom. The Morgan fingerprint density at radius 3 is 2.71 bits per heavy atom. The van der Waals surface area contributed by atoms with Crippen LogP contribution in [0.4, 0.5) is 0 Å². The van der Waals surface area contributed by atoms with E-state index < -0.39 is 5.97 Å². The molecule has 1 aromatic rings. The number of aryl methyl sites for hydroxylation is 2. The summed E-state index contributed by atoms with van der Waals surface area (Å²) >= 11 is 0. The summed E-state index contributed by atoms with van der Waals surface area (Å²) in [5, 5.41) is 8.85. The van der Waals surface area contributed by atoms with Gasteiger partial charge < -0.3 is 19.2 Å². The summed E-state index contributed by atoms with van der Waals surface area (Å²) in [6.45, 7) is 4.83. The van der Waals surface area contributed by atoms with E-state index in [1.54, 1.807) is 24.8 Å². The summed E-state index contributed by atoms with van der Waals surface area (Å²) in [6.07, 6.45) is 1.81. The number of rotatable bonds is 6. The summed E-state index contributed by atoms with van der Waals surface area (Å²) in [4.78, 5) is 24.9. The first-order valence-corrected chi connectivity index (χ1v) is 7.17. The topological polar surface area (TPSA) is 80.0 Å². The average Bonchev–Trinajstić information content (AvgIpc) is 3.03. The number of hydrogen-bond acceptors (Lipinski definition) is 4. The van der Waals surface area contributed by atoms with E-state index in [0.29, 0.717) is 30.2 Å². The minimum atomic E-state index is -0.916. The number of aliphatic carboxylic acids is 1. The highest BCUT2D eigenvalue weighted by atomic mass is 16.5. The zero-order valence-corrected chi connectivity index (χ0v) is 12.4. The van der Waals surface area contributed by atoms with Gasteiger partial charge in [-0.25, -0.2) is 0 Å². The van der Waals surface area contributed by atoms with E-state index in [4.69, 9.17) is 14.3 Å². The number of ether oxygens (including phenoxy) is 1. The fourth-order valence-corrected chi connectivity index (χ4v) is 2.55. The Labute approximate surface area is 123 Å². The predicted molar refractivity (Wildman–Crippen MR) is 75.3 cm³/mol. The maximum Gasteiger partial charge on any atom is 0.305 e. The summed E-state index contributed by atoms with van der Waals surface area (Å²) in [7, 11) is 0. The number of furan rings is 1. The van der Waals surface area contributed by atoms with Gasteiger partial charge in [0, 0.05) is 19.7 Å². The zero-order chi connectivity index (χ0) is 15.4. The van der Waals surface area contributed by atoms with Crippen molar-refractivity contribution in [2.45, 2.75) is 39.2 Å². The molecule has 1 aliphatic rings. The molecule has 0 saturated carbocycles. The van der Waals surface area contributed by atoms with Gasteiger partial charge >= 0.3 is 5.97 Å². The molecule has 0 radical (unpaired) electrons. The largest absolute Gasteiger partial charge is 0.481 e. The lowest BCUT2D eigenvalue weighted by Crippen LogP contribution is -2.38. The van der Waals surface area contributed by atoms with Crippen LogP contribution < -0.4 is 0 Å². The second kappa shape index (κ2) is 6.76. The van der Waals surface area contributed by atoms with Crippen molar-refractivity contribution in [3.63, 3.8) is 0 Å². The van der Waals surface area contributed by atoms with E-state index in [2.05, 4.69) is 0 Å². The molecule has 1 fully saturated rings. The van der Waals surface area contributed by atoms with Gasteiger partial charge in [-0.15, -0.1) is 0 Å². The van der Waals surface area contributed by atoms with Gasteiger partial charge in [0.2, 0.25) is 0 Å². The van der Waals surface area contributed by atoms with Crippen LogP contribution in [0.3, 0.4) is 0 Å². The third-order valence-electron chi connectivity index (χ3n) is 3.60. The summed E-state index contributed by atoms with van der Waals surface area (Å²) < 4.78 is 10.9.